The van der Waals surface area contributed by atoms with Crippen LogP contribution in [0.15, 0.2) is 48.5 Å². The summed E-state index contributed by atoms with van der Waals surface area (Å²) < 4.78 is 23.4. The number of rotatable bonds is 9. The molecule has 2 aromatic rings. The topological polar surface area (TPSA) is 93.7 Å². The van der Waals surface area contributed by atoms with E-state index in [0.717, 1.165) is 5.56 Å². The van der Waals surface area contributed by atoms with Crippen LogP contribution in [0.25, 0.3) is 0 Å². The van der Waals surface area contributed by atoms with Crippen LogP contribution < -0.4 is 15.4 Å². The summed E-state index contributed by atoms with van der Waals surface area (Å²) in [4.78, 5) is 36.6. The van der Waals surface area contributed by atoms with Crippen molar-refractivity contribution in [1.82, 2.24) is 10.6 Å². The third kappa shape index (κ3) is 6.88. The molecule has 0 saturated carbocycles. The van der Waals surface area contributed by atoms with Crippen molar-refractivity contribution in [2.75, 3.05) is 14.2 Å². The van der Waals surface area contributed by atoms with Crippen molar-refractivity contribution in [1.29, 1.82) is 0 Å². The van der Waals surface area contributed by atoms with Gasteiger partial charge in [0, 0.05) is 19.8 Å². The molecule has 0 unspecified atom stereocenters. The van der Waals surface area contributed by atoms with Gasteiger partial charge in [-0.2, -0.15) is 0 Å². The second-order valence-corrected chi connectivity index (χ2v) is 6.72. The van der Waals surface area contributed by atoms with Crippen LogP contribution in [0, 0.1) is 5.82 Å². The molecule has 2 N–H and O–H groups in total. The van der Waals surface area contributed by atoms with Gasteiger partial charge in [0.1, 0.15) is 23.7 Å². The molecular formula is C22H25FN2O5. The number of hydrogen-bond acceptors (Lipinski definition) is 5. The normalized spacial score (nSPS) is 12.4. The van der Waals surface area contributed by atoms with Gasteiger partial charge in [-0.3, -0.25) is 9.59 Å². The van der Waals surface area contributed by atoms with Crippen molar-refractivity contribution in [3.8, 4) is 5.75 Å². The molecule has 160 valence electrons. The highest BCUT2D eigenvalue weighted by atomic mass is 19.1. The van der Waals surface area contributed by atoms with E-state index in [1.807, 2.05) is 0 Å². The molecule has 0 bridgehead atoms. The van der Waals surface area contributed by atoms with Gasteiger partial charge < -0.3 is 20.1 Å². The Labute approximate surface area is 174 Å². The fourth-order valence-corrected chi connectivity index (χ4v) is 2.96. The van der Waals surface area contributed by atoms with Crippen LogP contribution in [0.2, 0.25) is 0 Å². The highest BCUT2D eigenvalue weighted by Crippen LogP contribution is 2.14. The van der Waals surface area contributed by atoms with Crippen LogP contribution in [-0.4, -0.2) is 44.1 Å². The van der Waals surface area contributed by atoms with Crippen LogP contribution in [0.5, 0.6) is 5.75 Å². The van der Waals surface area contributed by atoms with Gasteiger partial charge in [0.15, 0.2) is 0 Å². The second kappa shape index (κ2) is 10.9. The largest absolute Gasteiger partial charge is 0.497 e. The molecule has 0 spiro atoms. The maximum Gasteiger partial charge on any atom is 0.328 e. The van der Waals surface area contributed by atoms with Crippen molar-refractivity contribution >= 4 is 17.8 Å². The van der Waals surface area contributed by atoms with Crippen molar-refractivity contribution in [2.24, 2.45) is 0 Å². The average Bonchev–Trinajstić information content (AvgIpc) is 2.72. The Balaban J connectivity index is 2.16. The average molecular weight is 416 g/mol. The Morgan fingerprint density at radius 2 is 1.60 bits per heavy atom. The molecule has 0 heterocycles. The van der Waals surface area contributed by atoms with Gasteiger partial charge in [-0.05, 0) is 35.4 Å². The van der Waals surface area contributed by atoms with Gasteiger partial charge in [-0.1, -0.05) is 24.3 Å². The number of halogens is 1. The molecule has 0 radical (unpaired) electrons. The smallest absolute Gasteiger partial charge is 0.328 e. The van der Waals surface area contributed by atoms with Gasteiger partial charge in [0.25, 0.3) is 0 Å². The lowest BCUT2D eigenvalue weighted by Crippen LogP contribution is -2.53. The molecule has 2 atom stereocenters. The molecule has 0 saturated heterocycles. The van der Waals surface area contributed by atoms with E-state index in [1.54, 1.807) is 37.4 Å². The fourth-order valence-electron chi connectivity index (χ4n) is 2.96. The van der Waals surface area contributed by atoms with E-state index in [0.29, 0.717) is 11.3 Å². The quantitative estimate of drug-likeness (QED) is 0.608. The van der Waals surface area contributed by atoms with E-state index in [9.17, 15) is 18.8 Å². The van der Waals surface area contributed by atoms with Crippen LogP contribution in [0.4, 0.5) is 4.39 Å². The molecule has 7 nitrogen and oxygen atoms in total. The second-order valence-electron chi connectivity index (χ2n) is 6.72. The van der Waals surface area contributed by atoms with Gasteiger partial charge in [0.05, 0.1) is 14.2 Å². The van der Waals surface area contributed by atoms with Crippen LogP contribution in [0.1, 0.15) is 18.1 Å². The number of ether oxygens (including phenoxy) is 2. The molecule has 0 fully saturated rings. The predicted octanol–water partition coefficient (Wildman–Crippen LogP) is 1.78. The molecular weight excluding hydrogens is 391 g/mol. The van der Waals surface area contributed by atoms with Crippen molar-refractivity contribution in [2.45, 2.75) is 31.8 Å². The van der Waals surface area contributed by atoms with Gasteiger partial charge in [-0.15, -0.1) is 0 Å². The SMILES string of the molecule is COC(=O)[C@@H](Cc1ccc(OC)cc1)NC(=O)[C@@H](Cc1cccc(F)c1)NC(C)=O. The minimum absolute atomic E-state index is 0.0690. The standard InChI is InChI=1S/C22H25FN2O5/c1-14(26)24-19(13-16-5-4-6-17(23)11-16)21(27)25-20(22(28)30-3)12-15-7-9-18(29-2)10-8-15/h4-11,19-20H,12-13H2,1-3H3,(H,24,26)(H,25,27)/t19-,20-/m1/s1. The summed E-state index contributed by atoms with van der Waals surface area (Å²) >= 11 is 0. The van der Waals surface area contributed by atoms with E-state index in [-0.39, 0.29) is 12.8 Å². The maximum atomic E-state index is 13.5. The first-order valence-corrected chi connectivity index (χ1v) is 9.35. The molecule has 30 heavy (non-hydrogen) atoms. The number of carbonyl (C=O) groups excluding carboxylic acids is 3. The molecule has 0 aliphatic rings. The lowest BCUT2D eigenvalue weighted by Gasteiger charge is -2.22. The zero-order valence-electron chi connectivity index (χ0n) is 17.1. The third-order valence-corrected chi connectivity index (χ3v) is 4.42. The molecule has 2 rings (SSSR count). The summed E-state index contributed by atoms with van der Waals surface area (Å²) in [6, 6.07) is 10.9. The summed E-state index contributed by atoms with van der Waals surface area (Å²) in [5, 5.41) is 5.18. The molecule has 0 aromatic heterocycles. The van der Waals surface area contributed by atoms with Crippen LogP contribution in [-0.2, 0) is 32.0 Å². The first kappa shape index (κ1) is 22.9. The summed E-state index contributed by atoms with van der Waals surface area (Å²) in [6.45, 7) is 1.28. The van der Waals surface area contributed by atoms with Crippen molar-refractivity contribution in [3.63, 3.8) is 0 Å². The first-order chi connectivity index (χ1) is 14.3. The Morgan fingerprint density at radius 1 is 0.933 bits per heavy atom. The molecule has 8 heteroatoms. The molecule has 0 aliphatic carbocycles. The molecule has 2 aromatic carbocycles. The number of amides is 2. The summed E-state index contributed by atoms with van der Waals surface area (Å²) in [7, 11) is 2.78. The number of methoxy groups -OCH3 is 2. The van der Waals surface area contributed by atoms with Crippen LogP contribution in [0.3, 0.4) is 0 Å². The van der Waals surface area contributed by atoms with Crippen molar-refractivity contribution < 1.29 is 28.2 Å². The molecule has 2 amide bonds. The zero-order chi connectivity index (χ0) is 22.1. The van der Waals surface area contributed by atoms with E-state index in [4.69, 9.17) is 9.47 Å². The van der Waals surface area contributed by atoms with E-state index >= 15 is 0 Å². The van der Waals surface area contributed by atoms with Gasteiger partial charge in [-0.25, -0.2) is 9.18 Å². The first-order valence-electron chi connectivity index (χ1n) is 9.35. The van der Waals surface area contributed by atoms with Gasteiger partial charge in [0.2, 0.25) is 11.8 Å². The summed E-state index contributed by atoms with van der Waals surface area (Å²) in [5.74, 6) is -1.39. The lowest BCUT2D eigenvalue weighted by atomic mass is 10.0. The zero-order valence-corrected chi connectivity index (χ0v) is 17.1. The minimum atomic E-state index is -0.979. The van der Waals surface area contributed by atoms with E-state index in [1.165, 1.54) is 32.2 Å². The number of hydrogen-bond donors (Lipinski definition) is 2. The Hall–Kier alpha value is -3.42. The maximum absolute atomic E-state index is 13.5. The van der Waals surface area contributed by atoms with Gasteiger partial charge >= 0.3 is 5.97 Å². The highest BCUT2D eigenvalue weighted by Gasteiger charge is 2.27. The van der Waals surface area contributed by atoms with E-state index < -0.39 is 35.7 Å². The molecule has 0 aliphatic heterocycles. The predicted molar refractivity (Wildman–Crippen MR) is 108 cm³/mol. The number of benzene rings is 2. The van der Waals surface area contributed by atoms with E-state index in [2.05, 4.69) is 10.6 Å². The lowest BCUT2D eigenvalue weighted by molar-refractivity contribution is -0.145. The third-order valence-electron chi connectivity index (χ3n) is 4.42. The number of carbonyl (C=O) groups is 3. The monoisotopic (exact) mass is 416 g/mol. The summed E-state index contributed by atoms with van der Waals surface area (Å²) in [5.41, 5.74) is 1.32. The van der Waals surface area contributed by atoms with Crippen molar-refractivity contribution in [3.05, 3.63) is 65.5 Å². The highest BCUT2D eigenvalue weighted by molar-refractivity contribution is 5.90. The minimum Gasteiger partial charge on any atom is -0.497 e. The van der Waals surface area contributed by atoms with Crippen LogP contribution >= 0.6 is 0 Å². The summed E-state index contributed by atoms with van der Waals surface area (Å²) in [6.07, 6.45) is 0.259. The number of esters is 1. The Kier molecular flexibility index (Phi) is 8.34. The fraction of sp³-hybridized carbons (Fsp3) is 0.318. The number of nitrogens with one attached hydrogen (secondary N) is 2. The Morgan fingerprint density at radius 3 is 2.17 bits per heavy atom. The Bertz CT molecular complexity index is 885.